The van der Waals surface area contributed by atoms with Crippen LogP contribution in [0.1, 0.15) is 24.7 Å². The summed E-state index contributed by atoms with van der Waals surface area (Å²) in [6.45, 7) is 4.25. The van der Waals surface area contributed by atoms with Crippen LogP contribution in [-0.2, 0) is 0 Å². The molecule has 0 atom stereocenters. The van der Waals surface area contributed by atoms with Crippen molar-refractivity contribution in [3.05, 3.63) is 53.8 Å². The fourth-order valence-electron chi connectivity index (χ4n) is 3.00. The first-order valence-electron chi connectivity index (χ1n) is 7.38. The molecule has 0 aliphatic carbocycles. The Balaban J connectivity index is 2.11. The van der Waals surface area contributed by atoms with Crippen molar-refractivity contribution in [2.24, 2.45) is 0 Å². The van der Waals surface area contributed by atoms with Crippen molar-refractivity contribution >= 4 is 38.9 Å². The molecule has 0 unspecified atom stereocenters. The van der Waals surface area contributed by atoms with Gasteiger partial charge in [-0.1, -0.05) is 43.3 Å². The molecule has 0 saturated carbocycles. The predicted octanol–water partition coefficient (Wildman–Crippen LogP) is 5.80. The van der Waals surface area contributed by atoms with E-state index in [1.807, 2.05) is 0 Å². The van der Waals surface area contributed by atoms with Crippen LogP contribution in [0.3, 0.4) is 0 Å². The Labute approximate surface area is 123 Å². The number of hydrogen-bond donors (Lipinski definition) is 1. The molecule has 0 amide bonds. The summed E-state index contributed by atoms with van der Waals surface area (Å²) in [4.78, 5) is 3.50. The molecule has 2 heteroatoms. The van der Waals surface area contributed by atoms with Gasteiger partial charge in [0, 0.05) is 27.2 Å². The van der Waals surface area contributed by atoms with E-state index < -0.39 is 0 Å². The zero-order chi connectivity index (χ0) is 14.4. The number of H-pyrrole nitrogens is 1. The number of furan rings is 1. The maximum atomic E-state index is 6.13. The lowest BCUT2D eigenvalue weighted by atomic mass is 10.1. The van der Waals surface area contributed by atoms with Crippen molar-refractivity contribution in [2.45, 2.75) is 20.3 Å². The molecule has 0 aliphatic rings. The van der Waals surface area contributed by atoms with Crippen molar-refractivity contribution in [2.75, 3.05) is 0 Å². The van der Waals surface area contributed by atoms with E-state index in [2.05, 4.69) is 67.4 Å². The lowest BCUT2D eigenvalue weighted by Gasteiger charge is -1.92. The Hall–Kier alpha value is -2.48. The number of hydrogen-bond acceptors (Lipinski definition) is 1. The third-order valence-electron chi connectivity index (χ3n) is 4.13. The van der Waals surface area contributed by atoms with E-state index in [1.165, 1.54) is 21.7 Å². The molecule has 0 saturated heterocycles. The average molecular weight is 275 g/mol. The number of aromatic amines is 1. The zero-order valence-electron chi connectivity index (χ0n) is 12.2. The molecule has 2 nitrogen and oxygen atoms in total. The summed E-state index contributed by atoms with van der Waals surface area (Å²) < 4.78 is 6.13. The normalized spacial score (nSPS) is 12.3. The van der Waals surface area contributed by atoms with Crippen molar-refractivity contribution in [1.29, 1.82) is 0 Å². The van der Waals surface area contributed by atoms with E-state index >= 15 is 0 Å². The number of nitrogens with one attached hydrogen (secondary N) is 1. The first-order chi connectivity index (χ1) is 10.3. The average Bonchev–Trinajstić information content (AvgIpc) is 3.04. The summed E-state index contributed by atoms with van der Waals surface area (Å²) in [6.07, 6.45) is 5.22. The molecule has 0 fully saturated rings. The van der Waals surface area contributed by atoms with E-state index in [-0.39, 0.29) is 0 Å². The standard InChI is InChI=1S/C19H17NO/c1-3-4-9-17-12(2)13-10-11-15-14-7-5-6-8-16(14)20-18(15)19(13)21-17/h4-11,20H,3H2,1-2H3/b9-4-. The summed E-state index contributed by atoms with van der Waals surface area (Å²) in [5.74, 6) is 0.956. The van der Waals surface area contributed by atoms with Gasteiger partial charge in [0.15, 0.2) is 5.58 Å². The van der Waals surface area contributed by atoms with Gasteiger partial charge in [0.1, 0.15) is 5.76 Å². The molecule has 2 aromatic heterocycles. The minimum absolute atomic E-state index is 0.956. The van der Waals surface area contributed by atoms with Gasteiger partial charge < -0.3 is 9.40 Å². The van der Waals surface area contributed by atoms with Gasteiger partial charge in [0.05, 0.1) is 5.52 Å². The van der Waals surface area contributed by atoms with Gasteiger partial charge in [-0.15, -0.1) is 0 Å². The summed E-state index contributed by atoms with van der Waals surface area (Å²) in [7, 11) is 0. The van der Waals surface area contributed by atoms with Crippen molar-refractivity contribution in [3.8, 4) is 0 Å². The van der Waals surface area contributed by atoms with Gasteiger partial charge in [0.25, 0.3) is 0 Å². The minimum atomic E-state index is 0.956. The Morgan fingerprint density at radius 2 is 1.86 bits per heavy atom. The highest BCUT2D eigenvalue weighted by Crippen LogP contribution is 2.35. The Bertz CT molecular complexity index is 985. The fraction of sp³-hybridized carbons (Fsp3) is 0.158. The van der Waals surface area contributed by atoms with Crippen LogP contribution in [0.4, 0.5) is 0 Å². The largest absolute Gasteiger partial charge is 0.454 e. The van der Waals surface area contributed by atoms with Gasteiger partial charge in [-0.2, -0.15) is 0 Å². The van der Waals surface area contributed by atoms with E-state index in [9.17, 15) is 0 Å². The number of aryl methyl sites for hydroxylation is 1. The van der Waals surface area contributed by atoms with Gasteiger partial charge >= 0.3 is 0 Å². The lowest BCUT2D eigenvalue weighted by Crippen LogP contribution is -1.72. The van der Waals surface area contributed by atoms with E-state index in [4.69, 9.17) is 4.42 Å². The molecular formula is C19H17NO. The lowest BCUT2D eigenvalue weighted by molar-refractivity contribution is 0.603. The number of para-hydroxylation sites is 1. The van der Waals surface area contributed by atoms with Crippen LogP contribution in [0, 0.1) is 6.92 Å². The van der Waals surface area contributed by atoms with Gasteiger partial charge in [-0.3, -0.25) is 0 Å². The third-order valence-corrected chi connectivity index (χ3v) is 4.13. The molecule has 1 N–H and O–H groups in total. The molecule has 4 rings (SSSR count). The summed E-state index contributed by atoms with van der Waals surface area (Å²) in [5, 5.41) is 3.65. The van der Waals surface area contributed by atoms with Crippen LogP contribution in [0.15, 0.2) is 46.9 Å². The summed E-state index contributed by atoms with van der Waals surface area (Å²) >= 11 is 0. The molecule has 104 valence electrons. The molecule has 2 aromatic carbocycles. The minimum Gasteiger partial charge on any atom is -0.454 e. The first-order valence-corrected chi connectivity index (χ1v) is 7.38. The quantitative estimate of drug-likeness (QED) is 0.492. The summed E-state index contributed by atoms with van der Waals surface area (Å²) in [5.41, 5.74) is 4.40. The second kappa shape index (κ2) is 4.52. The van der Waals surface area contributed by atoms with Gasteiger partial charge in [0.2, 0.25) is 0 Å². The van der Waals surface area contributed by atoms with Crippen LogP contribution in [0.25, 0.3) is 38.9 Å². The Morgan fingerprint density at radius 1 is 1.05 bits per heavy atom. The molecule has 21 heavy (non-hydrogen) atoms. The third kappa shape index (κ3) is 1.72. The second-order valence-corrected chi connectivity index (χ2v) is 5.44. The van der Waals surface area contributed by atoms with E-state index in [0.717, 1.165) is 28.8 Å². The van der Waals surface area contributed by atoms with E-state index in [1.54, 1.807) is 0 Å². The highest BCUT2D eigenvalue weighted by Gasteiger charge is 2.14. The number of fused-ring (bicyclic) bond motifs is 5. The topological polar surface area (TPSA) is 28.9 Å². The molecular weight excluding hydrogens is 258 g/mol. The number of allylic oxidation sites excluding steroid dienone is 1. The first kappa shape index (κ1) is 12.3. The number of aromatic nitrogens is 1. The smallest absolute Gasteiger partial charge is 0.159 e. The van der Waals surface area contributed by atoms with Crippen molar-refractivity contribution < 1.29 is 4.42 Å². The number of rotatable bonds is 2. The Kier molecular flexibility index (Phi) is 2.64. The molecule has 2 heterocycles. The molecule has 0 bridgehead atoms. The molecule has 0 spiro atoms. The Morgan fingerprint density at radius 3 is 2.71 bits per heavy atom. The van der Waals surface area contributed by atoms with Gasteiger partial charge in [-0.05, 0) is 25.5 Å². The van der Waals surface area contributed by atoms with Crippen LogP contribution in [-0.4, -0.2) is 4.98 Å². The molecule has 4 aromatic rings. The SMILES string of the molecule is CC/C=C\c1oc2c(ccc3c4ccccc4[nH]c32)c1C. The number of benzene rings is 2. The second-order valence-electron chi connectivity index (χ2n) is 5.44. The fourth-order valence-corrected chi connectivity index (χ4v) is 3.00. The van der Waals surface area contributed by atoms with Gasteiger partial charge in [-0.25, -0.2) is 0 Å². The van der Waals surface area contributed by atoms with Crippen molar-refractivity contribution in [1.82, 2.24) is 4.98 Å². The highest BCUT2D eigenvalue weighted by atomic mass is 16.3. The zero-order valence-corrected chi connectivity index (χ0v) is 12.2. The monoisotopic (exact) mass is 275 g/mol. The van der Waals surface area contributed by atoms with Crippen LogP contribution < -0.4 is 0 Å². The summed E-state index contributed by atoms with van der Waals surface area (Å²) in [6, 6.07) is 12.7. The predicted molar refractivity (Wildman–Crippen MR) is 89.6 cm³/mol. The highest BCUT2D eigenvalue weighted by molar-refractivity contribution is 6.16. The maximum Gasteiger partial charge on any atom is 0.159 e. The molecule has 0 aliphatic heterocycles. The molecule has 0 radical (unpaired) electrons. The van der Waals surface area contributed by atoms with Crippen molar-refractivity contribution in [3.63, 3.8) is 0 Å². The van der Waals surface area contributed by atoms with Crippen LogP contribution in [0.5, 0.6) is 0 Å². The maximum absolute atomic E-state index is 6.13. The van der Waals surface area contributed by atoms with Crippen LogP contribution in [0.2, 0.25) is 0 Å². The van der Waals surface area contributed by atoms with E-state index in [0.29, 0.717) is 0 Å². The van der Waals surface area contributed by atoms with Crippen LogP contribution >= 0.6 is 0 Å².